The molecule has 2 N–H and O–H groups in total. The van der Waals surface area contributed by atoms with Crippen molar-refractivity contribution in [2.75, 3.05) is 38.1 Å². The van der Waals surface area contributed by atoms with Gasteiger partial charge in [0, 0.05) is 26.2 Å². The van der Waals surface area contributed by atoms with E-state index in [1.165, 1.54) is 18.4 Å². The Kier molecular flexibility index (Phi) is 3.48. The fourth-order valence-electron chi connectivity index (χ4n) is 1.61. The predicted octanol–water partition coefficient (Wildman–Crippen LogP) is 0.0658. The maximum atomic E-state index is 11.6. The molecule has 0 radical (unpaired) electrons. The predicted molar refractivity (Wildman–Crippen MR) is 65.6 cm³/mol. The number of piperazine rings is 1. The standard InChI is InChI=1S/C9H15N3O2S2/c1-10-16(13,14)9-3-2-8(15-9)12-6-4-11-5-7-12/h2-3,10-11H,4-7H2,1H3. The van der Waals surface area contributed by atoms with Crippen molar-refractivity contribution in [1.82, 2.24) is 10.0 Å². The molecule has 0 saturated carbocycles. The third-order valence-electron chi connectivity index (χ3n) is 2.53. The van der Waals surface area contributed by atoms with Crippen LogP contribution in [-0.2, 0) is 10.0 Å². The Balaban J connectivity index is 2.19. The summed E-state index contributed by atoms with van der Waals surface area (Å²) in [6, 6.07) is 3.54. The van der Waals surface area contributed by atoms with Gasteiger partial charge in [-0.1, -0.05) is 0 Å². The van der Waals surface area contributed by atoms with Gasteiger partial charge in [0.25, 0.3) is 0 Å². The number of rotatable bonds is 3. The van der Waals surface area contributed by atoms with Crippen LogP contribution in [0.25, 0.3) is 0 Å². The Morgan fingerprint density at radius 2 is 2.06 bits per heavy atom. The van der Waals surface area contributed by atoms with Crippen LogP contribution < -0.4 is 14.9 Å². The summed E-state index contributed by atoms with van der Waals surface area (Å²) in [5.74, 6) is 0. The van der Waals surface area contributed by atoms with Crippen molar-refractivity contribution in [3.8, 4) is 0 Å². The summed E-state index contributed by atoms with van der Waals surface area (Å²) < 4.78 is 25.8. The summed E-state index contributed by atoms with van der Waals surface area (Å²) in [4.78, 5) is 2.20. The van der Waals surface area contributed by atoms with E-state index in [-0.39, 0.29) is 0 Å². The Hall–Kier alpha value is -0.630. The topological polar surface area (TPSA) is 61.4 Å². The maximum absolute atomic E-state index is 11.6. The minimum absolute atomic E-state index is 0.378. The van der Waals surface area contributed by atoms with Gasteiger partial charge < -0.3 is 10.2 Å². The molecule has 7 heteroatoms. The zero-order chi connectivity index (χ0) is 11.6. The van der Waals surface area contributed by atoms with Crippen molar-refractivity contribution in [2.24, 2.45) is 0 Å². The van der Waals surface area contributed by atoms with Crippen LogP contribution in [0.5, 0.6) is 0 Å². The molecular weight excluding hydrogens is 246 g/mol. The largest absolute Gasteiger partial charge is 0.361 e. The molecule has 0 spiro atoms. The van der Waals surface area contributed by atoms with E-state index in [0.29, 0.717) is 4.21 Å². The molecule has 1 aliphatic heterocycles. The number of sulfonamides is 1. The lowest BCUT2D eigenvalue weighted by atomic mass is 10.4. The Bertz CT molecular complexity index is 449. The Labute approximate surface area is 99.5 Å². The third kappa shape index (κ3) is 2.37. The van der Waals surface area contributed by atoms with E-state index in [0.717, 1.165) is 31.2 Å². The first-order valence-corrected chi connectivity index (χ1v) is 7.42. The first-order chi connectivity index (χ1) is 7.63. The first kappa shape index (κ1) is 11.8. The second-order valence-corrected chi connectivity index (χ2v) is 6.71. The highest BCUT2D eigenvalue weighted by atomic mass is 32.2. The molecule has 1 aromatic rings. The van der Waals surface area contributed by atoms with Gasteiger partial charge in [0.05, 0.1) is 5.00 Å². The molecule has 0 aliphatic carbocycles. The Morgan fingerprint density at radius 3 is 2.69 bits per heavy atom. The smallest absolute Gasteiger partial charge is 0.249 e. The van der Waals surface area contributed by atoms with Crippen molar-refractivity contribution in [2.45, 2.75) is 4.21 Å². The van der Waals surface area contributed by atoms with Crippen molar-refractivity contribution >= 4 is 26.4 Å². The van der Waals surface area contributed by atoms with Crippen LogP contribution in [-0.4, -0.2) is 41.6 Å². The quantitative estimate of drug-likeness (QED) is 0.808. The van der Waals surface area contributed by atoms with E-state index in [2.05, 4.69) is 14.9 Å². The fourth-order valence-corrected chi connectivity index (χ4v) is 3.79. The molecule has 2 heterocycles. The van der Waals surface area contributed by atoms with E-state index >= 15 is 0 Å². The molecule has 5 nitrogen and oxygen atoms in total. The van der Waals surface area contributed by atoms with Gasteiger partial charge in [0.2, 0.25) is 10.0 Å². The van der Waals surface area contributed by atoms with Gasteiger partial charge in [-0.05, 0) is 19.2 Å². The normalized spacial score (nSPS) is 17.7. The first-order valence-electron chi connectivity index (χ1n) is 5.12. The average molecular weight is 261 g/mol. The monoisotopic (exact) mass is 261 g/mol. The van der Waals surface area contributed by atoms with Gasteiger partial charge >= 0.3 is 0 Å². The molecule has 0 amide bonds. The summed E-state index contributed by atoms with van der Waals surface area (Å²) in [5, 5.41) is 4.29. The molecule has 1 aromatic heterocycles. The van der Waals surface area contributed by atoms with Crippen LogP contribution in [0.4, 0.5) is 5.00 Å². The van der Waals surface area contributed by atoms with E-state index in [1.54, 1.807) is 6.07 Å². The Morgan fingerprint density at radius 1 is 1.38 bits per heavy atom. The second-order valence-electron chi connectivity index (χ2n) is 3.54. The lowest BCUT2D eigenvalue weighted by Crippen LogP contribution is -2.43. The molecule has 0 bridgehead atoms. The van der Waals surface area contributed by atoms with Gasteiger partial charge in [-0.2, -0.15) is 0 Å². The van der Waals surface area contributed by atoms with E-state index in [9.17, 15) is 8.42 Å². The summed E-state index contributed by atoms with van der Waals surface area (Å²) >= 11 is 1.32. The van der Waals surface area contributed by atoms with Crippen LogP contribution in [0.1, 0.15) is 0 Å². The molecule has 1 fully saturated rings. The van der Waals surface area contributed by atoms with Gasteiger partial charge in [-0.25, -0.2) is 13.1 Å². The van der Waals surface area contributed by atoms with Crippen LogP contribution >= 0.6 is 11.3 Å². The number of thiophene rings is 1. The van der Waals surface area contributed by atoms with E-state index < -0.39 is 10.0 Å². The molecule has 0 aromatic carbocycles. The van der Waals surface area contributed by atoms with Crippen LogP contribution in [0.15, 0.2) is 16.3 Å². The van der Waals surface area contributed by atoms with Crippen molar-refractivity contribution in [3.05, 3.63) is 12.1 Å². The molecule has 1 aliphatic rings. The zero-order valence-corrected chi connectivity index (χ0v) is 10.7. The molecular formula is C9H15N3O2S2. The van der Waals surface area contributed by atoms with Gasteiger partial charge in [-0.15, -0.1) is 11.3 Å². The molecule has 0 unspecified atom stereocenters. The average Bonchev–Trinajstić information content (AvgIpc) is 2.80. The number of nitrogens with zero attached hydrogens (tertiary/aromatic N) is 1. The van der Waals surface area contributed by atoms with Crippen LogP contribution in [0, 0.1) is 0 Å². The van der Waals surface area contributed by atoms with E-state index in [1.807, 2.05) is 6.07 Å². The number of anilines is 1. The lowest BCUT2D eigenvalue weighted by Gasteiger charge is -2.27. The summed E-state index contributed by atoms with van der Waals surface area (Å²) in [6.07, 6.45) is 0. The number of nitrogens with one attached hydrogen (secondary N) is 2. The third-order valence-corrected chi connectivity index (χ3v) is 5.58. The fraction of sp³-hybridized carbons (Fsp3) is 0.556. The second kappa shape index (κ2) is 4.70. The van der Waals surface area contributed by atoms with Crippen molar-refractivity contribution in [3.63, 3.8) is 0 Å². The lowest BCUT2D eigenvalue weighted by molar-refractivity contribution is 0.590. The maximum Gasteiger partial charge on any atom is 0.249 e. The minimum Gasteiger partial charge on any atom is -0.361 e. The van der Waals surface area contributed by atoms with Crippen LogP contribution in [0.3, 0.4) is 0 Å². The highest BCUT2D eigenvalue weighted by Gasteiger charge is 2.18. The van der Waals surface area contributed by atoms with Crippen molar-refractivity contribution < 1.29 is 8.42 Å². The van der Waals surface area contributed by atoms with Gasteiger partial charge in [0.1, 0.15) is 4.21 Å². The highest BCUT2D eigenvalue weighted by Crippen LogP contribution is 2.29. The zero-order valence-electron chi connectivity index (χ0n) is 9.06. The summed E-state index contributed by atoms with van der Waals surface area (Å²) in [6.45, 7) is 3.76. The molecule has 16 heavy (non-hydrogen) atoms. The molecule has 90 valence electrons. The minimum atomic E-state index is -3.29. The van der Waals surface area contributed by atoms with E-state index in [4.69, 9.17) is 0 Å². The highest BCUT2D eigenvalue weighted by molar-refractivity contribution is 7.91. The van der Waals surface area contributed by atoms with Crippen molar-refractivity contribution in [1.29, 1.82) is 0 Å². The molecule has 2 rings (SSSR count). The SMILES string of the molecule is CNS(=O)(=O)c1ccc(N2CCNCC2)s1. The van der Waals surface area contributed by atoms with Gasteiger partial charge in [-0.3, -0.25) is 0 Å². The van der Waals surface area contributed by atoms with Gasteiger partial charge in [0.15, 0.2) is 0 Å². The molecule has 0 atom stereocenters. The summed E-state index contributed by atoms with van der Waals surface area (Å²) in [5.41, 5.74) is 0. The number of hydrogen-bond donors (Lipinski definition) is 2. The number of hydrogen-bond acceptors (Lipinski definition) is 5. The summed E-state index contributed by atoms with van der Waals surface area (Å²) in [7, 11) is -1.86. The van der Waals surface area contributed by atoms with Crippen LogP contribution in [0.2, 0.25) is 0 Å². The molecule has 1 saturated heterocycles.